The molecule has 0 saturated carbocycles. The Bertz CT molecular complexity index is 321. The molecular weight excluding hydrogens is 340 g/mol. The number of unbranched alkanes of at least 4 members (excludes halogenated alkanes) is 1. The Balaban J connectivity index is 2.18. The van der Waals surface area contributed by atoms with E-state index in [9.17, 15) is 0 Å². The van der Waals surface area contributed by atoms with Crippen LogP contribution in [-0.2, 0) is 27.5 Å². The van der Waals surface area contributed by atoms with Crippen LogP contribution in [0.15, 0.2) is 0 Å². The molecule has 1 fully saturated rings. The third-order valence-electron chi connectivity index (χ3n) is 4.58. The summed E-state index contributed by atoms with van der Waals surface area (Å²) in [7, 11) is -0.773. The molecule has 1 rings (SSSR count). The third kappa shape index (κ3) is 7.62. The first-order chi connectivity index (χ1) is 12.1. The van der Waals surface area contributed by atoms with Crippen LogP contribution in [0.5, 0.6) is 0 Å². The molecule has 0 aromatic carbocycles. The summed E-state index contributed by atoms with van der Waals surface area (Å²) in [6.45, 7) is 12.9. The molecule has 0 aliphatic carbocycles. The summed E-state index contributed by atoms with van der Waals surface area (Å²) in [5.41, 5.74) is 0.188. The summed E-state index contributed by atoms with van der Waals surface area (Å²) in [6.07, 6.45) is 3.45. The second-order valence-electron chi connectivity index (χ2n) is 6.71. The van der Waals surface area contributed by atoms with E-state index in [-0.39, 0.29) is 11.5 Å². The van der Waals surface area contributed by atoms with E-state index in [0.29, 0.717) is 32.5 Å². The summed E-state index contributed by atoms with van der Waals surface area (Å²) >= 11 is 0. The van der Waals surface area contributed by atoms with Crippen molar-refractivity contribution < 1.29 is 27.5 Å². The minimum atomic E-state index is -2.57. The molecule has 0 N–H and O–H groups in total. The molecule has 0 radical (unpaired) electrons. The topological polar surface area (TPSA) is 55.4 Å². The van der Waals surface area contributed by atoms with Gasteiger partial charge in [-0.25, -0.2) is 0 Å². The zero-order chi connectivity index (χ0) is 18.6. The molecule has 150 valence electrons. The molecule has 1 aliphatic heterocycles. The highest BCUT2D eigenvalue weighted by molar-refractivity contribution is 6.60. The SMILES string of the molecule is CCO[Si](CCOCCCCC(OC)C1(C)COC1)(OCC)OCC. The number of methoxy groups -OCH3 is 1. The molecule has 25 heavy (non-hydrogen) atoms. The summed E-state index contributed by atoms with van der Waals surface area (Å²) in [6, 6.07) is 0.707. The average molecular weight is 379 g/mol. The number of hydrogen-bond acceptors (Lipinski definition) is 6. The third-order valence-corrected chi connectivity index (χ3v) is 7.58. The van der Waals surface area contributed by atoms with Crippen molar-refractivity contribution in [3.63, 3.8) is 0 Å². The largest absolute Gasteiger partial charge is 0.503 e. The molecule has 0 amide bonds. The van der Waals surface area contributed by atoms with E-state index < -0.39 is 8.80 Å². The second kappa shape index (κ2) is 12.4. The molecular formula is C18H38O6Si. The van der Waals surface area contributed by atoms with Gasteiger partial charge in [0.1, 0.15) is 0 Å². The lowest BCUT2D eigenvalue weighted by Gasteiger charge is -2.43. The number of rotatable bonds is 16. The van der Waals surface area contributed by atoms with Crippen LogP contribution in [0.25, 0.3) is 0 Å². The predicted molar refractivity (Wildman–Crippen MR) is 99.8 cm³/mol. The van der Waals surface area contributed by atoms with Crippen molar-refractivity contribution in [1.82, 2.24) is 0 Å². The normalized spacial score (nSPS) is 18.1. The molecule has 1 aliphatic rings. The van der Waals surface area contributed by atoms with Crippen molar-refractivity contribution in [2.45, 2.75) is 59.1 Å². The Hall–Kier alpha value is -0.0231. The van der Waals surface area contributed by atoms with Crippen molar-refractivity contribution in [3.8, 4) is 0 Å². The van der Waals surface area contributed by atoms with Crippen molar-refractivity contribution in [3.05, 3.63) is 0 Å². The van der Waals surface area contributed by atoms with Crippen molar-refractivity contribution in [2.24, 2.45) is 5.41 Å². The molecule has 6 nitrogen and oxygen atoms in total. The zero-order valence-corrected chi connectivity index (χ0v) is 17.8. The van der Waals surface area contributed by atoms with Crippen LogP contribution in [0.3, 0.4) is 0 Å². The van der Waals surface area contributed by atoms with Crippen molar-refractivity contribution >= 4 is 8.80 Å². The lowest BCUT2D eigenvalue weighted by molar-refractivity contribution is -0.171. The van der Waals surface area contributed by atoms with Crippen LogP contribution in [0.2, 0.25) is 6.04 Å². The maximum absolute atomic E-state index is 5.83. The monoisotopic (exact) mass is 378 g/mol. The Morgan fingerprint density at radius 3 is 2.00 bits per heavy atom. The second-order valence-corrected chi connectivity index (χ2v) is 9.44. The lowest BCUT2D eigenvalue weighted by Crippen LogP contribution is -2.49. The Kier molecular flexibility index (Phi) is 11.4. The van der Waals surface area contributed by atoms with E-state index in [1.54, 1.807) is 7.11 Å². The van der Waals surface area contributed by atoms with Crippen LogP contribution in [-0.4, -0.2) is 68.3 Å². The van der Waals surface area contributed by atoms with Crippen LogP contribution in [0.4, 0.5) is 0 Å². The van der Waals surface area contributed by atoms with Gasteiger partial charge in [0.15, 0.2) is 0 Å². The van der Waals surface area contributed by atoms with Gasteiger partial charge < -0.3 is 27.5 Å². The first kappa shape index (κ1) is 23.0. The maximum Gasteiger partial charge on any atom is 0.503 e. The minimum absolute atomic E-state index is 0.188. The highest BCUT2D eigenvalue weighted by atomic mass is 28.4. The van der Waals surface area contributed by atoms with Gasteiger partial charge in [0.05, 0.1) is 25.9 Å². The summed E-state index contributed by atoms with van der Waals surface area (Å²) in [5.74, 6) is 0. The highest BCUT2D eigenvalue weighted by Gasteiger charge is 2.41. The molecule has 1 saturated heterocycles. The highest BCUT2D eigenvalue weighted by Crippen LogP contribution is 2.34. The van der Waals surface area contributed by atoms with Gasteiger partial charge in [-0.1, -0.05) is 6.92 Å². The maximum atomic E-state index is 5.83. The Morgan fingerprint density at radius 2 is 1.56 bits per heavy atom. The molecule has 1 heterocycles. The van der Waals surface area contributed by atoms with Crippen LogP contribution in [0.1, 0.15) is 47.0 Å². The van der Waals surface area contributed by atoms with Gasteiger partial charge in [0.2, 0.25) is 0 Å². The molecule has 0 spiro atoms. The summed E-state index contributed by atoms with van der Waals surface area (Å²) in [5, 5.41) is 0. The first-order valence-corrected chi connectivity index (χ1v) is 11.6. The number of ether oxygens (including phenoxy) is 3. The Labute approximate surface area is 154 Å². The van der Waals surface area contributed by atoms with E-state index in [2.05, 4.69) is 6.92 Å². The van der Waals surface area contributed by atoms with Crippen LogP contribution in [0, 0.1) is 5.41 Å². The summed E-state index contributed by atoms with van der Waals surface area (Å²) < 4.78 is 34.3. The summed E-state index contributed by atoms with van der Waals surface area (Å²) in [4.78, 5) is 0. The smallest absolute Gasteiger partial charge is 0.381 e. The Morgan fingerprint density at radius 1 is 0.960 bits per heavy atom. The van der Waals surface area contributed by atoms with Gasteiger partial charge in [-0.05, 0) is 40.0 Å². The molecule has 1 atom stereocenters. The van der Waals surface area contributed by atoms with E-state index in [1.807, 2.05) is 20.8 Å². The fourth-order valence-electron chi connectivity index (χ4n) is 3.20. The van der Waals surface area contributed by atoms with Crippen LogP contribution >= 0.6 is 0 Å². The van der Waals surface area contributed by atoms with E-state index in [0.717, 1.165) is 39.1 Å². The number of hydrogen-bond donors (Lipinski definition) is 0. The molecule has 0 aromatic heterocycles. The van der Waals surface area contributed by atoms with Gasteiger partial charge in [-0.15, -0.1) is 0 Å². The van der Waals surface area contributed by atoms with E-state index in [1.165, 1.54) is 0 Å². The zero-order valence-electron chi connectivity index (χ0n) is 16.8. The van der Waals surface area contributed by atoms with Gasteiger partial charge in [-0.2, -0.15) is 0 Å². The average Bonchev–Trinajstić information content (AvgIpc) is 2.56. The van der Waals surface area contributed by atoms with Gasteiger partial charge >= 0.3 is 8.80 Å². The van der Waals surface area contributed by atoms with E-state index >= 15 is 0 Å². The van der Waals surface area contributed by atoms with E-state index in [4.69, 9.17) is 27.5 Å². The van der Waals surface area contributed by atoms with Gasteiger partial charge in [0.25, 0.3) is 0 Å². The molecule has 7 heteroatoms. The predicted octanol–water partition coefficient (Wildman–Crippen LogP) is 3.27. The van der Waals surface area contributed by atoms with Crippen molar-refractivity contribution in [2.75, 3.05) is 53.4 Å². The fraction of sp³-hybridized carbons (Fsp3) is 1.00. The van der Waals surface area contributed by atoms with Gasteiger partial charge in [-0.3, -0.25) is 0 Å². The molecule has 1 unspecified atom stereocenters. The minimum Gasteiger partial charge on any atom is -0.381 e. The first-order valence-electron chi connectivity index (χ1n) is 9.66. The standard InChI is InChI=1S/C18H38O6Si/c1-6-22-25(23-7-2,24-8-3)14-13-20-12-10-9-11-17(19-5)18(4)15-21-16-18/h17H,6-16H2,1-5H3. The van der Waals surface area contributed by atoms with Crippen molar-refractivity contribution in [1.29, 1.82) is 0 Å². The lowest BCUT2D eigenvalue weighted by atomic mass is 9.80. The molecule has 0 aromatic rings. The van der Waals surface area contributed by atoms with Crippen LogP contribution < -0.4 is 0 Å². The van der Waals surface area contributed by atoms with Gasteiger partial charge in [0, 0.05) is 45.0 Å². The fourth-order valence-corrected chi connectivity index (χ4v) is 5.59. The molecule has 0 bridgehead atoms. The quantitative estimate of drug-likeness (QED) is 0.303.